The van der Waals surface area contributed by atoms with Crippen LogP contribution in [-0.2, 0) is 22.6 Å². The van der Waals surface area contributed by atoms with Crippen molar-refractivity contribution in [2.45, 2.75) is 25.9 Å². The summed E-state index contributed by atoms with van der Waals surface area (Å²) in [6.45, 7) is 0.266. The molecule has 0 bridgehead atoms. The zero-order valence-electron chi connectivity index (χ0n) is 15.2. The van der Waals surface area contributed by atoms with E-state index in [9.17, 15) is 18.4 Å². The third kappa shape index (κ3) is 5.16. The van der Waals surface area contributed by atoms with Gasteiger partial charge in [-0.15, -0.1) is 15.3 Å². The second-order valence-corrected chi connectivity index (χ2v) is 6.84. The van der Waals surface area contributed by atoms with Crippen LogP contribution >= 0.6 is 11.3 Å². The highest BCUT2D eigenvalue weighted by Crippen LogP contribution is 2.23. The molecule has 3 aromatic rings. The van der Waals surface area contributed by atoms with Gasteiger partial charge in [0.15, 0.2) is 5.69 Å². The van der Waals surface area contributed by atoms with Gasteiger partial charge in [0.05, 0.1) is 19.3 Å². The number of benzene rings is 1. The molecule has 29 heavy (non-hydrogen) atoms. The minimum atomic E-state index is -3.78. The molecule has 2 aromatic heterocycles. The number of esters is 1. The number of carbonyl (C=O) groups is 2. The fourth-order valence-corrected chi connectivity index (χ4v) is 3.04. The molecule has 12 heteroatoms. The molecule has 0 fully saturated rings. The number of ether oxygens (including phenoxy) is 1. The molecule has 2 heterocycles. The van der Waals surface area contributed by atoms with Gasteiger partial charge in [-0.3, -0.25) is 4.79 Å². The predicted octanol–water partition coefficient (Wildman–Crippen LogP) is 1.93. The van der Waals surface area contributed by atoms with Crippen molar-refractivity contribution in [3.05, 3.63) is 47.2 Å². The Kier molecular flexibility index (Phi) is 6.22. The molecule has 3 rings (SSSR count). The molecular weight excluding hydrogens is 406 g/mol. The van der Waals surface area contributed by atoms with Crippen molar-refractivity contribution in [2.24, 2.45) is 0 Å². The van der Waals surface area contributed by atoms with Crippen LogP contribution in [0, 0.1) is 0 Å². The molecule has 152 valence electrons. The minimum absolute atomic E-state index is 0.0924. The number of nitrogens with zero attached hydrogens (tertiary/aromatic N) is 5. The number of amides is 1. The van der Waals surface area contributed by atoms with Crippen LogP contribution in [0.3, 0.4) is 0 Å². The van der Waals surface area contributed by atoms with E-state index >= 15 is 0 Å². The highest BCUT2D eigenvalue weighted by Gasteiger charge is 2.41. The maximum absolute atomic E-state index is 13.7. The van der Waals surface area contributed by atoms with Crippen molar-refractivity contribution in [3.8, 4) is 10.6 Å². The smallest absolute Gasteiger partial charge is 0.379 e. The van der Waals surface area contributed by atoms with Gasteiger partial charge in [-0.1, -0.05) is 46.9 Å². The van der Waals surface area contributed by atoms with Crippen molar-refractivity contribution in [2.75, 3.05) is 6.61 Å². The molecular formula is C17H16F2N6O3S. The first-order chi connectivity index (χ1) is 13.9. The van der Waals surface area contributed by atoms with Crippen molar-refractivity contribution >= 4 is 23.2 Å². The fourth-order valence-electron chi connectivity index (χ4n) is 2.25. The molecule has 9 nitrogen and oxygen atoms in total. The summed E-state index contributed by atoms with van der Waals surface area (Å²) in [6.07, 6.45) is 1.03. The standard InChI is InChI=1S/C17H16F2N6O3S/c1-2-28-16(27)17(18,19)10-25-9-12(21-24-25)14(26)20-8-13-22-23-15(29-13)11-6-4-3-5-7-11/h3-7,9H,2,8,10H2,1H3,(H,20,26). The number of hydrogen-bond acceptors (Lipinski definition) is 8. The fraction of sp³-hybridized carbons (Fsp3) is 0.294. The lowest BCUT2D eigenvalue weighted by atomic mass is 10.2. The lowest BCUT2D eigenvalue weighted by Crippen LogP contribution is -2.35. The number of alkyl halides is 2. The highest BCUT2D eigenvalue weighted by atomic mass is 32.1. The summed E-state index contributed by atoms with van der Waals surface area (Å²) in [6, 6.07) is 9.45. The van der Waals surface area contributed by atoms with E-state index in [1.165, 1.54) is 18.3 Å². The summed E-state index contributed by atoms with van der Waals surface area (Å²) in [5.41, 5.74) is 0.741. The van der Waals surface area contributed by atoms with Crippen molar-refractivity contribution in [1.29, 1.82) is 0 Å². The Morgan fingerprint density at radius 2 is 1.97 bits per heavy atom. The van der Waals surface area contributed by atoms with Crippen LogP contribution in [0.2, 0.25) is 0 Å². The molecule has 1 aromatic carbocycles. The lowest BCUT2D eigenvalue weighted by molar-refractivity contribution is -0.173. The Hall–Kier alpha value is -3.28. The van der Waals surface area contributed by atoms with E-state index in [-0.39, 0.29) is 18.8 Å². The molecule has 0 aliphatic rings. The average molecular weight is 422 g/mol. The van der Waals surface area contributed by atoms with E-state index in [1.807, 2.05) is 30.3 Å². The monoisotopic (exact) mass is 422 g/mol. The Morgan fingerprint density at radius 3 is 2.69 bits per heavy atom. The summed E-state index contributed by atoms with van der Waals surface area (Å²) in [7, 11) is 0. The summed E-state index contributed by atoms with van der Waals surface area (Å²) in [4.78, 5) is 23.4. The van der Waals surface area contributed by atoms with E-state index < -0.39 is 24.3 Å². The van der Waals surface area contributed by atoms with Crippen LogP contribution in [0.25, 0.3) is 10.6 Å². The molecule has 0 unspecified atom stereocenters. The van der Waals surface area contributed by atoms with Gasteiger partial charge >= 0.3 is 11.9 Å². The molecule has 0 atom stereocenters. The van der Waals surface area contributed by atoms with E-state index in [0.717, 1.165) is 11.8 Å². The number of carbonyl (C=O) groups excluding carboxylic acids is 2. The zero-order chi connectivity index (χ0) is 20.9. The van der Waals surface area contributed by atoms with Gasteiger partial charge in [0.25, 0.3) is 5.91 Å². The average Bonchev–Trinajstić information content (AvgIpc) is 3.36. The van der Waals surface area contributed by atoms with Gasteiger partial charge in [-0.2, -0.15) is 8.78 Å². The maximum atomic E-state index is 13.7. The predicted molar refractivity (Wildman–Crippen MR) is 98.1 cm³/mol. The third-order valence-electron chi connectivity index (χ3n) is 3.59. The number of rotatable bonds is 8. The zero-order valence-corrected chi connectivity index (χ0v) is 16.0. The molecule has 0 saturated heterocycles. The summed E-state index contributed by atoms with van der Waals surface area (Å²) < 4.78 is 32.5. The van der Waals surface area contributed by atoms with Crippen LogP contribution in [0.5, 0.6) is 0 Å². The first-order valence-electron chi connectivity index (χ1n) is 8.50. The summed E-state index contributed by atoms with van der Waals surface area (Å²) >= 11 is 1.32. The van der Waals surface area contributed by atoms with E-state index in [4.69, 9.17) is 0 Å². The van der Waals surface area contributed by atoms with Crippen molar-refractivity contribution < 1.29 is 23.1 Å². The number of nitrogens with one attached hydrogen (secondary N) is 1. The Bertz CT molecular complexity index is 992. The van der Waals surface area contributed by atoms with Crippen LogP contribution in [0.15, 0.2) is 36.5 Å². The Labute approximate surface area is 167 Å². The van der Waals surface area contributed by atoms with Gasteiger partial charge in [-0.05, 0) is 6.92 Å². The van der Waals surface area contributed by atoms with Crippen LogP contribution in [0.4, 0.5) is 8.78 Å². The van der Waals surface area contributed by atoms with Crippen LogP contribution in [-0.4, -0.2) is 49.6 Å². The van der Waals surface area contributed by atoms with Crippen LogP contribution in [0.1, 0.15) is 22.4 Å². The summed E-state index contributed by atoms with van der Waals surface area (Å²) in [5.74, 6) is -6.06. The third-order valence-corrected chi connectivity index (χ3v) is 4.57. The minimum Gasteiger partial charge on any atom is -0.462 e. The molecule has 1 N–H and O–H groups in total. The van der Waals surface area contributed by atoms with Crippen LogP contribution < -0.4 is 5.32 Å². The number of aromatic nitrogens is 5. The highest BCUT2D eigenvalue weighted by molar-refractivity contribution is 7.14. The second kappa shape index (κ2) is 8.82. The Balaban J connectivity index is 1.57. The molecule has 0 spiro atoms. The van der Waals surface area contributed by atoms with Gasteiger partial charge < -0.3 is 10.1 Å². The van der Waals surface area contributed by atoms with Gasteiger partial charge in [0, 0.05) is 5.56 Å². The Morgan fingerprint density at radius 1 is 1.21 bits per heavy atom. The van der Waals surface area contributed by atoms with Crippen molar-refractivity contribution in [1.82, 2.24) is 30.5 Å². The molecule has 0 aliphatic heterocycles. The first kappa shape index (κ1) is 20.5. The summed E-state index contributed by atoms with van der Waals surface area (Å²) in [5, 5.41) is 18.9. The lowest BCUT2D eigenvalue weighted by Gasteiger charge is -2.13. The molecule has 1 amide bonds. The maximum Gasteiger partial charge on any atom is 0.379 e. The van der Waals surface area contributed by atoms with Gasteiger partial charge in [0.1, 0.15) is 16.6 Å². The largest absolute Gasteiger partial charge is 0.462 e. The first-order valence-corrected chi connectivity index (χ1v) is 9.32. The normalized spacial score (nSPS) is 11.3. The van der Waals surface area contributed by atoms with E-state index in [0.29, 0.717) is 14.7 Å². The molecule has 0 aliphatic carbocycles. The molecule has 0 saturated carbocycles. The SMILES string of the molecule is CCOC(=O)C(F)(F)Cn1cc(C(=O)NCc2nnc(-c3ccccc3)s2)nn1. The number of halogens is 2. The van der Waals surface area contributed by atoms with Crippen molar-refractivity contribution in [3.63, 3.8) is 0 Å². The number of hydrogen-bond donors (Lipinski definition) is 1. The van der Waals surface area contributed by atoms with Gasteiger partial charge in [0.2, 0.25) is 0 Å². The van der Waals surface area contributed by atoms with Gasteiger partial charge in [-0.25, -0.2) is 9.48 Å². The molecule has 0 radical (unpaired) electrons. The topological polar surface area (TPSA) is 112 Å². The van der Waals surface area contributed by atoms with E-state index in [2.05, 4.69) is 30.6 Å². The van der Waals surface area contributed by atoms with E-state index in [1.54, 1.807) is 0 Å². The second-order valence-electron chi connectivity index (χ2n) is 5.78. The quantitative estimate of drug-likeness (QED) is 0.552.